The van der Waals surface area contributed by atoms with Crippen LogP contribution < -0.4 is 14.8 Å². The van der Waals surface area contributed by atoms with Gasteiger partial charge in [-0.05, 0) is 62.4 Å². The predicted octanol–water partition coefficient (Wildman–Crippen LogP) is 7.02. The van der Waals surface area contributed by atoms with Crippen LogP contribution in [0.15, 0.2) is 36.4 Å². The zero-order valence-corrected chi connectivity index (χ0v) is 25.4. The molecule has 3 heterocycles. The molecular formula is C33H39F3N2O6. The molecular weight excluding hydrogens is 577 g/mol. The minimum atomic E-state index is -3.75. The second kappa shape index (κ2) is 11.9. The van der Waals surface area contributed by atoms with Gasteiger partial charge in [0.25, 0.3) is 0 Å². The molecule has 8 nitrogen and oxygen atoms in total. The van der Waals surface area contributed by atoms with Gasteiger partial charge in [0, 0.05) is 24.7 Å². The Kier molecular flexibility index (Phi) is 8.32. The average Bonchev–Trinajstić information content (AvgIpc) is 3.63. The molecule has 0 spiro atoms. The molecule has 1 aromatic heterocycles. The Labute approximate surface area is 254 Å². The van der Waals surface area contributed by atoms with Crippen molar-refractivity contribution in [3.63, 3.8) is 0 Å². The monoisotopic (exact) mass is 616 g/mol. The molecule has 3 aromatic rings. The number of amides is 1. The van der Waals surface area contributed by atoms with Gasteiger partial charge in [-0.25, -0.2) is 4.39 Å². The number of halogens is 3. The van der Waals surface area contributed by atoms with E-state index in [1.165, 1.54) is 18.2 Å². The summed E-state index contributed by atoms with van der Waals surface area (Å²) in [5.41, 5.74) is 0.370. The predicted molar refractivity (Wildman–Crippen MR) is 158 cm³/mol. The Balaban J connectivity index is 1.25. The molecule has 1 N–H and O–H groups in total. The number of ether oxygens (including phenoxy) is 5. The molecule has 1 amide bonds. The lowest BCUT2D eigenvalue weighted by molar-refractivity contribution is -0.286. The number of nitrogens with one attached hydrogen (secondary N) is 1. The third-order valence-electron chi connectivity index (χ3n) is 8.70. The topological polar surface area (TPSA) is 80.2 Å². The maximum Gasteiger partial charge on any atom is 0.586 e. The average molecular weight is 617 g/mol. The highest BCUT2D eigenvalue weighted by Gasteiger charge is 2.53. The number of aromatic nitrogens is 1. The number of hydrogen-bond donors (Lipinski definition) is 1. The fourth-order valence-corrected chi connectivity index (χ4v) is 6.11. The van der Waals surface area contributed by atoms with Gasteiger partial charge in [0.2, 0.25) is 5.91 Å². The second-order valence-electron chi connectivity index (χ2n) is 12.2. The van der Waals surface area contributed by atoms with Gasteiger partial charge in [-0.2, -0.15) is 0 Å². The third kappa shape index (κ3) is 5.89. The zero-order chi connectivity index (χ0) is 31.1. The molecule has 2 aromatic carbocycles. The molecule has 1 unspecified atom stereocenters. The van der Waals surface area contributed by atoms with Crippen molar-refractivity contribution >= 4 is 22.5 Å². The van der Waals surface area contributed by atoms with Crippen LogP contribution in [0.5, 0.6) is 11.5 Å². The van der Waals surface area contributed by atoms with Gasteiger partial charge in [0.1, 0.15) is 17.5 Å². The van der Waals surface area contributed by atoms with Crippen LogP contribution in [0, 0.1) is 5.82 Å². The first kappa shape index (κ1) is 30.7. The SMILES string of the molecule is CCCCOC[C@H]1Cn2c(cc3cc(NC(=O)C4(c5ccc6c(c5)OC(F)(F)O6)CC4)c(F)cc32)C(C)(COCCCC)O1. The largest absolute Gasteiger partial charge is 0.586 e. The highest BCUT2D eigenvalue weighted by Crippen LogP contribution is 2.52. The highest BCUT2D eigenvalue weighted by molar-refractivity contribution is 6.03. The summed E-state index contributed by atoms with van der Waals surface area (Å²) in [6.45, 7) is 8.72. The van der Waals surface area contributed by atoms with Gasteiger partial charge in [-0.1, -0.05) is 32.8 Å². The van der Waals surface area contributed by atoms with Crippen LogP contribution >= 0.6 is 0 Å². The normalized spacial score (nSPS) is 22.6. The standard InChI is InChI=1S/C33H39F3N2O6/c1-4-6-12-40-19-23-18-38-26-17-24(34)25(14-21(26)15-29(38)31(3,42-23)20-41-13-7-5-2)37-30(39)32(10-11-32)22-8-9-27-28(16-22)44-33(35,36)43-27/h8-9,14-17,23H,4-7,10-13,18-20H2,1-3H3,(H,37,39)/t23-,31?/m1/s1. The zero-order valence-electron chi connectivity index (χ0n) is 25.4. The van der Waals surface area contributed by atoms with Crippen LogP contribution in [0.3, 0.4) is 0 Å². The summed E-state index contributed by atoms with van der Waals surface area (Å²) in [6, 6.07) is 9.38. The van der Waals surface area contributed by atoms with Crippen molar-refractivity contribution in [3.8, 4) is 11.5 Å². The molecule has 44 heavy (non-hydrogen) atoms. The summed E-state index contributed by atoms with van der Waals surface area (Å²) in [5, 5.41) is 3.52. The van der Waals surface area contributed by atoms with E-state index in [4.69, 9.17) is 14.2 Å². The smallest absolute Gasteiger partial charge is 0.395 e. The second-order valence-corrected chi connectivity index (χ2v) is 12.2. The Hall–Kier alpha value is -3.28. The first-order chi connectivity index (χ1) is 21.1. The molecule has 238 valence electrons. The summed E-state index contributed by atoms with van der Waals surface area (Å²) in [5.74, 6) is -1.20. The van der Waals surface area contributed by atoms with E-state index in [0.29, 0.717) is 56.9 Å². The molecule has 11 heteroatoms. The summed E-state index contributed by atoms with van der Waals surface area (Å²) >= 11 is 0. The molecule has 1 saturated carbocycles. The fourth-order valence-electron chi connectivity index (χ4n) is 6.11. The van der Waals surface area contributed by atoms with Gasteiger partial charge >= 0.3 is 6.29 Å². The van der Waals surface area contributed by atoms with Crippen molar-refractivity contribution in [2.45, 2.75) is 89.3 Å². The summed E-state index contributed by atoms with van der Waals surface area (Å²) in [4.78, 5) is 13.5. The first-order valence-corrected chi connectivity index (χ1v) is 15.5. The number of hydrogen-bond acceptors (Lipinski definition) is 6. The number of rotatable bonds is 13. The number of benzene rings is 2. The van der Waals surface area contributed by atoms with Crippen molar-refractivity contribution < 1.29 is 41.7 Å². The molecule has 6 rings (SSSR count). The van der Waals surface area contributed by atoms with Crippen molar-refractivity contribution in [2.75, 3.05) is 31.7 Å². The Morgan fingerprint density at radius 3 is 2.48 bits per heavy atom. The number of carbonyl (C=O) groups excluding carboxylic acids is 1. The van der Waals surface area contributed by atoms with Gasteiger partial charge in [0.05, 0.1) is 42.1 Å². The fraction of sp³-hybridized carbons (Fsp3) is 0.545. The molecule has 1 fully saturated rings. The van der Waals surface area contributed by atoms with E-state index in [-0.39, 0.29) is 23.3 Å². The molecule has 0 radical (unpaired) electrons. The number of anilines is 1. The van der Waals surface area contributed by atoms with Crippen LogP contribution in [0.1, 0.15) is 70.6 Å². The number of nitrogens with zero attached hydrogens (tertiary/aromatic N) is 1. The molecule has 2 aliphatic heterocycles. The Morgan fingerprint density at radius 1 is 1.02 bits per heavy atom. The van der Waals surface area contributed by atoms with Crippen molar-refractivity contribution in [2.24, 2.45) is 0 Å². The molecule has 0 saturated heterocycles. The Morgan fingerprint density at radius 2 is 1.75 bits per heavy atom. The van der Waals surface area contributed by atoms with Crippen LogP contribution in [0.4, 0.5) is 18.9 Å². The number of unbranched alkanes of at least 4 members (excludes halogenated alkanes) is 2. The number of fused-ring (bicyclic) bond motifs is 4. The van der Waals surface area contributed by atoms with Crippen LogP contribution in [0.25, 0.3) is 10.9 Å². The third-order valence-corrected chi connectivity index (χ3v) is 8.70. The molecule has 3 aliphatic rings. The van der Waals surface area contributed by atoms with Crippen molar-refractivity contribution in [3.05, 3.63) is 53.5 Å². The van der Waals surface area contributed by atoms with Crippen molar-refractivity contribution in [1.29, 1.82) is 0 Å². The van der Waals surface area contributed by atoms with E-state index in [9.17, 15) is 13.6 Å². The number of alkyl halides is 2. The maximum absolute atomic E-state index is 15.6. The van der Waals surface area contributed by atoms with E-state index < -0.39 is 29.0 Å². The molecule has 2 atom stereocenters. The van der Waals surface area contributed by atoms with Crippen LogP contribution in [-0.2, 0) is 36.6 Å². The lowest BCUT2D eigenvalue weighted by atomic mass is 9.94. The number of carbonyl (C=O) groups is 1. The highest BCUT2D eigenvalue weighted by atomic mass is 19.3. The Bertz CT molecular complexity index is 1540. The van der Waals surface area contributed by atoms with Crippen LogP contribution in [0.2, 0.25) is 0 Å². The molecule has 0 bridgehead atoms. The van der Waals surface area contributed by atoms with E-state index in [1.54, 1.807) is 12.1 Å². The van der Waals surface area contributed by atoms with E-state index in [1.807, 2.05) is 13.0 Å². The van der Waals surface area contributed by atoms with Crippen molar-refractivity contribution in [1.82, 2.24) is 4.57 Å². The van der Waals surface area contributed by atoms with Gasteiger partial charge < -0.3 is 33.6 Å². The van der Waals surface area contributed by atoms with Crippen LogP contribution in [-0.4, -0.2) is 49.3 Å². The summed E-state index contributed by atoms with van der Waals surface area (Å²) in [7, 11) is 0. The van der Waals surface area contributed by atoms with Gasteiger partial charge in [-0.3, -0.25) is 4.79 Å². The lowest BCUT2D eigenvalue weighted by Crippen LogP contribution is -2.45. The molecule has 1 aliphatic carbocycles. The maximum atomic E-state index is 15.6. The van der Waals surface area contributed by atoms with E-state index in [2.05, 4.69) is 33.2 Å². The van der Waals surface area contributed by atoms with Gasteiger partial charge in [0.15, 0.2) is 11.5 Å². The quantitative estimate of drug-likeness (QED) is 0.208. The summed E-state index contributed by atoms with van der Waals surface area (Å²) < 4.78 is 72.3. The van der Waals surface area contributed by atoms with E-state index in [0.717, 1.165) is 36.8 Å². The lowest BCUT2D eigenvalue weighted by Gasteiger charge is -2.40. The van der Waals surface area contributed by atoms with Gasteiger partial charge in [-0.15, -0.1) is 8.78 Å². The minimum Gasteiger partial charge on any atom is -0.395 e. The minimum absolute atomic E-state index is 0.0465. The first-order valence-electron chi connectivity index (χ1n) is 15.5. The van der Waals surface area contributed by atoms with E-state index >= 15 is 4.39 Å². The summed E-state index contributed by atoms with van der Waals surface area (Å²) in [6.07, 6.45) is 0.961.